The van der Waals surface area contributed by atoms with E-state index in [0.29, 0.717) is 0 Å². The summed E-state index contributed by atoms with van der Waals surface area (Å²) in [6.45, 7) is -0.472. The number of rotatable bonds is 9. The first kappa shape index (κ1) is 32.0. The Labute approximate surface area is 222 Å². The highest BCUT2D eigenvalue weighted by molar-refractivity contribution is 5.93. The molecular weight excluding hydrogens is 553 g/mol. The van der Waals surface area contributed by atoms with Gasteiger partial charge in [-0.3, -0.25) is 19.0 Å². The number of halogens is 3. The summed E-state index contributed by atoms with van der Waals surface area (Å²) in [5, 5.41) is 37.6. The minimum Gasteiger partial charge on any atom is -0.493 e. The highest BCUT2D eigenvalue weighted by atomic mass is 19.4. The summed E-state index contributed by atoms with van der Waals surface area (Å²) in [5.74, 6) is -6.06. The van der Waals surface area contributed by atoms with Crippen LogP contribution in [0.4, 0.5) is 13.2 Å². The third-order valence-corrected chi connectivity index (χ3v) is 5.18. The number of carboxylic acids is 1. The molecule has 5 atom stereocenters. The largest absolute Gasteiger partial charge is 0.493 e. The number of amides is 1. The van der Waals surface area contributed by atoms with E-state index in [0.717, 1.165) is 16.5 Å². The van der Waals surface area contributed by atoms with Crippen LogP contribution in [-0.4, -0.2) is 90.9 Å². The molecule has 0 aliphatic carbocycles. The van der Waals surface area contributed by atoms with Crippen molar-refractivity contribution >= 4 is 23.8 Å². The summed E-state index contributed by atoms with van der Waals surface area (Å²) in [5.41, 5.74) is 11.1. The van der Waals surface area contributed by atoms with Gasteiger partial charge in [-0.25, -0.2) is 9.78 Å². The van der Waals surface area contributed by atoms with E-state index in [1.165, 1.54) is 0 Å². The number of ether oxygens (including phenoxy) is 3. The molecule has 1 aromatic carbocycles. The van der Waals surface area contributed by atoms with Crippen molar-refractivity contribution in [3.05, 3.63) is 47.9 Å². The Morgan fingerprint density at radius 3 is 2.23 bits per heavy atom. The molecule has 8 N–H and O–H groups in total. The van der Waals surface area contributed by atoms with Crippen LogP contribution in [0, 0.1) is 0 Å². The van der Waals surface area contributed by atoms with Crippen molar-refractivity contribution in [2.24, 2.45) is 11.5 Å². The molecule has 1 unspecified atom stereocenters. The molecule has 1 aromatic heterocycles. The van der Waals surface area contributed by atoms with Gasteiger partial charge in [0.1, 0.15) is 43.9 Å². The predicted molar refractivity (Wildman–Crippen MR) is 122 cm³/mol. The van der Waals surface area contributed by atoms with Crippen LogP contribution < -0.4 is 11.5 Å². The van der Waals surface area contributed by atoms with Crippen molar-refractivity contribution in [2.45, 2.75) is 49.8 Å². The highest BCUT2D eigenvalue weighted by Gasteiger charge is 2.45. The topological polar surface area (TPSA) is 247 Å². The SMILES string of the molecule is NC(=O)c1ncn([C@@H]2O[C@H](COC(=O)[C@@H](N)CC(=O)OCc3ccccc3)C(O)[C@@H]2O)c1O.O=C(O)C(F)(F)F. The second-order valence-corrected chi connectivity index (χ2v) is 8.12. The Morgan fingerprint density at radius 2 is 1.70 bits per heavy atom. The highest BCUT2D eigenvalue weighted by Crippen LogP contribution is 2.33. The number of nitrogens with two attached hydrogens (primary N) is 2. The number of carboxylic acid groups (broad SMARTS) is 1. The second kappa shape index (κ2) is 13.7. The first-order valence-electron chi connectivity index (χ1n) is 11.1. The number of benzene rings is 1. The van der Waals surface area contributed by atoms with E-state index in [-0.39, 0.29) is 6.61 Å². The number of aliphatic hydroxyl groups is 2. The summed E-state index contributed by atoms with van der Waals surface area (Å²) in [7, 11) is 0. The van der Waals surface area contributed by atoms with Crippen LogP contribution in [0.25, 0.3) is 0 Å². The van der Waals surface area contributed by atoms with Gasteiger partial charge in [-0.2, -0.15) is 13.2 Å². The molecule has 220 valence electrons. The summed E-state index contributed by atoms with van der Waals surface area (Å²) < 4.78 is 48.1. The Kier molecular flexibility index (Phi) is 10.9. The van der Waals surface area contributed by atoms with Crippen LogP contribution in [0.5, 0.6) is 5.88 Å². The lowest BCUT2D eigenvalue weighted by molar-refractivity contribution is -0.192. The van der Waals surface area contributed by atoms with Crippen molar-refractivity contribution < 1.29 is 67.0 Å². The van der Waals surface area contributed by atoms with Crippen molar-refractivity contribution in [1.29, 1.82) is 0 Å². The Balaban J connectivity index is 0.000000708. The number of esters is 2. The number of aromatic nitrogens is 2. The minimum absolute atomic E-state index is 0.0292. The fraction of sp³-hybridized carbons (Fsp3) is 0.409. The summed E-state index contributed by atoms with van der Waals surface area (Å²) in [6.07, 6.45) is -10.1. The van der Waals surface area contributed by atoms with Gasteiger partial charge in [-0.1, -0.05) is 30.3 Å². The normalized spacial score (nSPS) is 21.1. The first-order valence-corrected chi connectivity index (χ1v) is 11.1. The third-order valence-electron chi connectivity index (χ3n) is 5.18. The van der Waals surface area contributed by atoms with E-state index in [1.807, 2.05) is 6.07 Å². The fourth-order valence-electron chi connectivity index (χ4n) is 3.14. The summed E-state index contributed by atoms with van der Waals surface area (Å²) >= 11 is 0. The molecule has 0 saturated carbocycles. The molecule has 2 heterocycles. The second-order valence-electron chi connectivity index (χ2n) is 8.12. The van der Waals surface area contributed by atoms with Crippen molar-refractivity contribution in [3.63, 3.8) is 0 Å². The smallest absolute Gasteiger partial charge is 0.490 e. The zero-order valence-electron chi connectivity index (χ0n) is 20.3. The maximum atomic E-state index is 12.1. The lowest BCUT2D eigenvalue weighted by atomic mass is 10.1. The molecule has 1 saturated heterocycles. The fourth-order valence-corrected chi connectivity index (χ4v) is 3.14. The molecule has 0 radical (unpaired) electrons. The van der Waals surface area contributed by atoms with Crippen LogP contribution in [0.2, 0.25) is 0 Å². The zero-order valence-corrected chi connectivity index (χ0v) is 20.3. The maximum absolute atomic E-state index is 12.1. The van der Waals surface area contributed by atoms with E-state index < -0.39 is 85.2 Å². The van der Waals surface area contributed by atoms with Gasteiger partial charge in [0.15, 0.2) is 11.9 Å². The van der Waals surface area contributed by atoms with Gasteiger partial charge in [-0.15, -0.1) is 0 Å². The van der Waals surface area contributed by atoms with Crippen molar-refractivity contribution in [2.75, 3.05) is 6.61 Å². The molecule has 3 rings (SSSR count). The monoisotopic (exact) mass is 578 g/mol. The van der Waals surface area contributed by atoms with E-state index >= 15 is 0 Å². The number of carbonyl (C=O) groups is 4. The standard InChI is InChI=1S/C20H24N4O9.C2HF3O2/c21-11(6-13(25)31-7-10-4-2-1-3-5-10)20(30)32-8-12-15(26)16(27)19(33-12)24-9-23-14(17(22)28)18(24)29;3-2(4,5)1(6)7/h1-5,9,11-12,15-16,19,26-27,29H,6-8,21H2,(H2,22,28);(H,6,7)/t11-,12+,15?,16-,19+;/m0./s1. The molecule has 2 aromatic rings. The number of imidazole rings is 1. The van der Waals surface area contributed by atoms with Crippen molar-refractivity contribution in [3.8, 4) is 5.88 Å². The number of hydrogen-bond acceptors (Lipinski definition) is 12. The van der Waals surface area contributed by atoms with Gasteiger partial charge in [-0.05, 0) is 5.56 Å². The number of hydrogen-bond donors (Lipinski definition) is 6. The summed E-state index contributed by atoms with van der Waals surface area (Å²) in [6, 6.07) is 7.63. The first-order chi connectivity index (χ1) is 18.6. The van der Waals surface area contributed by atoms with Gasteiger partial charge in [0.25, 0.3) is 5.91 Å². The average Bonchev–Trinajstić information content (AvgIpc) is 3.40. The molecule has 15 nitrogen and oxygen atoms in total. The Hall–Kier alpha value is -4.26. The number of nitrogens with zero attached hydrogens (tertiary/aromatic N) is 2. The lowest BCUT2D eigenvalue weighted by Gasteiger charge is -2.17. The minimum atomic E-state index is -5.08. The van der Waals surface area contributed by atoms with E-state index in [1.54, 1.807) is 24.3 Å². The summed E-state index contributed by atoms with van der Waals surface area (Å²) in [4.78, 5) is 47.8. The maximum Gasteiger partial charge on any atom is 0.490 e. The number of primary amides is 1. The Morgan fingerprint density at radius 1 is 1.10 bits per heavy atom. The van der Waals surface area contributed by atoms with E-state index in [2.05, 4.69) is 4.98 Å². The molecule has 40 heavy (non-hydrogen) atoms. The molecule has 1 amide bonds. The van der Waals surface area contributed by atoms with Crippen LogP contribution in [-0.2, 0) is 35.2 Å². The number of carbonyl (C=O) groups excluding carboxylic acids is 3. The number of alkyl halides is 3. The van der Waals surface area contributed by atoms with Crippen LogP contribution >= 0.6 is 0 Å². The van der Waals surface area contributed by atoms with Crippen molar-refractivity contribution in [1.82, 2.24) is 9.55 Å². The van der Waals surface area contributed by atoms with Gasteiger partial charge in [0.2, 0.25) is 5.88 Å². The van der Waals surface area contributed by atoms with E-state index in [4.69, 9.17) is 35.6 Å². The third kappa shape index (κ3) is 8.63. The van der Waals surface area contributed by atoms with Crippen LogP contribution in [0.1, 0.15) is 28.7 Å². The van der Waals surface area contributed by atoms with Gasteiger partial charge < -0.3 is 46.1 Å². The van der Waals surface area contributed by atoms with Gasteiger partial charge >= 0.3 is 24.1 Å². The molecule has 1 aliphatic heterocycles. The molecule has 0 bridgehead atoms. The van der Waals surface area contributed by atoms with E-state index in [9.17, 15) is 42.9 Å². The molecule has 18 heteroatoms. The average molecular weight is 578 g/mol. The number of aromatic hydroxyl groups is 1. The van der Waals surface area contributed by atoms with Gasteiger partial charge in [0, 0.05) is 0 Å². The molecular formula is C22H25F3N4O11. The molecule has 1 aliphatic rings. The van der Waals surface area contributed by atoms with Crippen LogP contribution in [0.15, 0.2) is 36.7 Å². The molecule has 1 fully saturated rings. The molecule has 0 spiro atoms. The lowest BCUT2D eigenvalue weighted by Crippen LogP contribution is -2.39. The zero-order chi connectivity index (χ0) is 30.2. The number of aliphatic hydroxyl groups excluding tert-OH is 2. The van der Waals surface area contributed by atoms with Crippen LogP contribution in [0.3, 0.4) is 0 Å². The van der Waals surface area contributed by atoms with Gasteiger partial charge in [0.05, 0.1) is 6.42 Å². The Bertz CT molecular complexity index is 1190. The number of aliphatic carboxylic acids is 1. The quantitative estimate of drug-likeness (QED) is 0.195. The predicted octanol–water partition coefficient (Wildman–Crippen LogP) is -1.06.